The summed E-state index contributed by atoms with van der Waals surface area (Å²) in [6.45, 7) is 4.91. The molecule has 0 aliphatic heterocycles. The minimum absolute atomic E-state index is 0.172. The summed E-state index contributed by atoms with van der Waals surface area (Å²) < 4.78 is 32.0. The molecular weight excluding hydrogens is 247 g/mol. The van der Waals surface area contributed by atoms with Crippen LogP contribution in [-0.4, -0.2) is 45.8 Å². The van der Waals surface area contributed by atoms with E-state index in [0.717, 1.165) is 0 Å². The molecule has 0 bridgehead atoms. The second-order valence-electron chi connectivity index (χ2n) is 3.22. The van der Waals surface area contributed by atoms with Crippen LogP contribution in [0.25, 0.3) is 0 Å². The van der Waals surface area contributed by atoms with Gasteiger partial charge in [0.25, 0.3) is 0 Å². The third-order valence-electron chi connectivity index (χ3n) is 2.16. The Balaban J connectivity index is 5.25. The fraction of sp³-hybridized carbons (Fsp3) is 0.700. The largest absolute Gasteiger partial charge is 0.460 e. The summed E-state index contributed by atoms with van der Waals surface area (Å²) in [5.41, 5.74) is -0.437. The smallest absolute Gasteiger partial charge is 0.332 e. The number of rotatable bonds is 8. The van der Waals surface area contributed by atoms with E-state index in [4.69, 9.17) is 18.9 Å². The van der Waals surface area contributed by atoms with Crippen molar-refractivity contribution in [2.45, 2.75) is 18.7 Å². The van der Waals surface area contributed by atoms with E-state index >= 15 is 0 Å². The molecule has 0 rings (SSSR count). The lowest BCUT2D eigenvalue weighted by molar-refractivity contribution is -0.375. The summed E-state index contributed by atoms with van der Waals surface area (Å²) in [4.78, 5) is 11.6. The Hall–Kier alpha value is -0.650. The highest BCUT2D eigenvalue weighted by atomic mass is 31.1. The summed E-state index contributed by atoms with van der Waals surface area (Å²) in [6.07, 6.45) is 0. The van der Waals surface area contributed by atoms with Gasteiger partial charge in [-0.05, 0) is 6.92 Å². The molecule has 2 atom stereocenters. The first-order valence-corrected chi connectivity index (χ1v) is 6.07. The van der Waals surface area contributed by atoms with Crippen LogP contribution >= 0.6 is 7.80 Å². The molecule has 0 aromatic carbocycles. The van der Waals surface area contributed by atoms with Crippen molar-refractivity contribution in [3.63, 3.8) is 0 Å². The third kappa shape index (κ3) is 3.40. The number of ether oxygens (including phenoxy) is 4. The van der Waals surface area contributed by atoms with Crippen molar-refractivity contribution in [2.24, 2.45) is 0 Å². The van der Waals surface area contributed by atoms with Crippen LogP contribution in [0.4, 0.5) is 0 Å². The fourth-order valence-corrected chi connectivity index (χ4v) is 2.61. The maximum atomic E-state index is 12.0. The van der Waals surface area contributed by atoms with E-state index in [9.17, 15) is 9.36 Å². The van der Waals surface area contributed by atoms with Gasteiger partial charge in [0.1, 0.15) is 0 Å². The second-order valence-corrected chi connectivity index (χ2v) is 4.74. The van der Waals surface area contributed by atoms with Gasteiger partial charge in [0.2, 0.25) is 0 Å². The molecule has 0 aliphatic carbocycles. The molecule has 0 saturated heterocycles. The quantitative estimate of drug-likeness (QED) is 0.376. The zero-order valence-electron chi connectivity index (χ0n) is 10.7. The van der Waals surface area contributed by atoms with Crippen molar-refractivity contribution < 1.29 is 28.3 Å². The Morgan fingerprint density at radius 1 is 1.18 bits per heavy atom. The van der Waals surface area contributed by atoms with Crippen LogP contribution in [-0.2, 0) is 28.3 Å². The molecule has 17 heavy (non-hydrogen) atoms. The van der Waals surface area contributed by atoms with Crippen molar-refractivity contribution in [2.75, 3.05) is 28.4 Å². The average Bonchev–Trinajstić information content (AvgIpc) is 2.34. The van der Waals surface area contributed by atoms with E-state index in [2.05, 4.69) is 6.58 Å². The standard InChI is InChI=1S/C10H18O6P/c1-7(2)8(11)17(12)9(13-3)10(14-4,15-5)16-6/h9H,1H2,2-6H3/q+1. The molecule has 0 spiro atoms. The molecule has 98 valence electrons. The first-order valence-electron chi connectivity index (χ1n) is 4.74. The number of carbonyl (C=O) groups excluding carboxylic acids is 1. The summed E-state index contributed by atoms with van der Waals surface area (Å²) >= 11 is 0. The zero-order chi connectivity index (χ0) is 13.6. The molecule has 0 aromatic rings. The number of allylic oxidation sites excluding steroid dienone is 1. The highest BCUT2D eigenvalue weighted by molar-refractivity contribution is 7.65. The van der Waals surface area contributed by atoms with Gasteiger partial charge in [0.15, 0.2) is 0 Å². The number of hydrogen-bond acceptors (Lipinski definition) is 6. The van der Waals surface area contributed by atoms with Crippen LogP contribution in [0.3, 0.4) is 0 Å². The number of hydrogen-bond donors (Lipinski definition) is 0. The van der Waals surface area contributed by atoms with E-state index in [1.165, 1.54) is 35.4 Å². The van der Waals surface area contributed by atoms with Gasteiger partial charge in [-0.2, -0.15) is 0 Å². The SMILES string of the molecule is C=C(C)C(=O)[P+](=O)C(OC)C(OC)(OC)OC. The van der Waals surface area contributed by atoms with E-state index in [1.807, 2.05) is 0 Å². The Labute approximate surface area is 102 Å². The number of methoxy groups -OCH3 is 4. The van der Waals surface area contributed by atoms with E-state index in [0.29, 0.717) is 0 Å². The molecule has 0 radical (unpaired) electrons. The van der Waals surface area contributed by atoms with Crippen LogP contribution in [0, 0.1) is 0 Å². The van der Waals surface area contributed by atoms with Crippen LogP contribution < -0.4 is 0 Å². The molecular formula is C10H18O6P+. The Morgan fingerprint density at radius 2 is 1.59 bits per heavy atom. The minimum Gasteiger partial charge on any atom is -0.332 e. The molecule has 6 nitrogen and oxygen atoms in total. The molecule has 0 fully saturated rings. The van der Waals surface area contributed by atoms with Gasteiger partial charge in [-0.25, -0.2) is 4.79 Å². The molecule has 0 aromatic heterocycles. The van der Waals surface area contributed by atoms with Crippen LogP contribution in [0.15, 0.2) is 12.2 Å². The van der Waals surface area contributed by atoms with Crippen molar-refractivity contribution in [3.05, 3.63) is 12.2 Å². The maximum Gasteiger partial charge on any atom is 0.460 e. The van der Waals surface area contributed by atoms with Crippen molar-refractivity contribution in [1.82, 2.24) is 0 Å². The number of carbonyl (C=O) groups is 1. The van der Waals surface area contributed by atoms with Gasteiger partial charge >= 0.3 is 25.1 Å². The first kappa shape index (κ1) is 16.4. The van der Waals surface area contributed by atoms with Gasteiger partial charge in [-0.3, -0.25) is 0 Å². The fourth-order valence-electron chi connectivity index (χ4n) is 1.23. The topological polar surface area (TPSA) is 71.1 Å². The first-order chi connectivity index (χ1) is 7.90. The highest BCUT2D eigenvalue weighted by Crippen LogP contribution is 2.40. The molecule has 2 unspecified atom stereocenters. The van der Waals surface area contributed by atoms with Gasteiger partial charge in [0, 0.05) is 34.0 Å². The minimum atomic E-state index is -2.44. The lowest BCUT2D eigenvalue weighted by atomic mass is 10.4. The van der Waals surface area contributed by atoms with E-state index in [-0.39, 0.29) is 5.57 Å². The van der Waals surface area contributed by atoms with E-state index in [1.54, 1.807) is 0 Å². The zero-order valence-corrected chi connectivity index (χ0v) is 11.6. The normalized spacial score (nSPS) is 14.3. The monoisotopic (exact) mass is 265 g/mol. The Bertz CT molecular complexity index is 302. The molecule has 0 aliphatic rings. The lowest BCUT2D eigenvalue weighted by Crippen LogP contribution is -2.47. The van der Waals surface area contributed by atoms with Crippen LogP contribution in [0.1, 0.15) is 6.92 Å². The summed E-state index contributed by atoms with van der Waals surface area (Å²) in [5.74, 6) is -2.87. The van der Waals surface area contributed by atoms with Crippen LogP contribution in [0.2, 0.25) is 0 Å². The van der Waals surface area contributed by atoms with Gasteiger partial charge in [0.05, 0.1) is 0 Å². The lowest BCUT2D eigenvalue weighted by Gasteiger charge is -2.28. The third-order valence-corrected chi connectivity index (χ3v) is 3.89. The summed E-state index contributed by atoms with van der Waals surface area (Å²) in [6, 6.07) is 0. The van der Waals surface area contributed by atoms with Gasteiger partial charge in [-0.15, -0.1) is 0 Å². The molecule has 0 heterocycles. The maximum absolute atomic E-state index is 12.0. The average molecular weight is 265 g/mol. The Kier molecular flexibility index (Phi) is 6.67. The molecule has 7 heteroatoms. The predicted molar refractivity (Wildman–Crippen MR) is 62.0 cm³/mol. The molecule has 0 saturated carbocycles. The Morgan fingerprint density at radius 3 is 1.82 bits per heavy atom. The second kappa shape index (κ2) is 6.93. The van der Waals surface area contributed by atoms with E-state index < -0.39 is 25.1 Å². The van der Waals surface area contributed by atoms with Gasteiger partial charge in [-0.1, -0.05) is 11.1 Å². The molecule has 0 amide bonds. The van der Waals surface area contributed by atoms with Gasteiger partial charge < -0.3 is 18.9 Å². The molecule has 0 N–H and O–H groups in total. The van der Waals surface area contributed by atoms with Crippen molar-refractivity contribution in [3.8, 4) is 0 Å². The van der Waals surface area contributed by atoms with Crippen molar-refractivity contribution >= 4 is 13.3 Å². The van der Waals surface area contributed by atoms with Crippen LogP contribution in [0.5, 0.6) is 0 Å². The predicted octanol–water partition coefficient (Wildman–Crippen LogP) is 1.48. The highest BCUT2D eigenvalue weighted by Gasteiger charge is 2.57. The van der Waals surface area contributed by atoms with Crippen molar-refractivity contribution in [1.29, 1.82) is 0 Å². The summed E-state index contributed by atoms with van der Waals surface area (Å²) in [5, 5.41) is 0. The summed E-state index contributed by atoms with van der Waals surface area (Å²) in [7, 11) is 2.75.